The lowest BCUT2D eigenvalue weighted by molar-refractivity contribution is 0.481. The molecule has 0 saturated heterocycles. The normalized spacial score (nSPS) is 12.7. The molecule has 8 N–H and O–H groups in total. The van der Waals surface area contributed by atoms with Crippen molar-refractivity contribution in [2.45, 2.75) is 24.5 Å². The highest BCUT2D eigenvalue weighted by molar-refractivity contribution is 7.87. The minimum absolute atomic E-state index is 0.0832. The van der Waals surface area contributed by atoms with E-state index in [2.05, 4.69) is 51.4 Å². The van der Waals surface area contributed by atoms with Gasteiger partial charge in [-0.25, -0.2) is 0 Å². The van der Waals surface area contributed by atoms with Crippen molar-refractivity contribution >= 4 is 119 Å². The highest BCUT2D eigenvalue weighted by atomic mass is 32.2. The molecule has 7 aromatic rings. The Hall–Kier alpha value is -7.26. The van der Waals surface area contributed by atoms with E-state index in [-0.39, 0.29) is 62.7 Å². The molecular formula is C37H28N10O15S5. The topological polar surface area (TPSA) is 396 Å². The van der Waals surface area contributed by atoms with Gasteiger partial charge < -0.3 is 16.0 Å². The number of nitrogens with one attached hydrogen (secondary N) is 3. The number of nitrogens with zero attached hydrogens (tertiary/aromatic N) is 7. The van der Waals surface area contributed by atoms with E-state index >= 15 is 0 Å². The lowest BCUT2D eigenvalue weighted by Gasteiger charge is -2.13. The lowest BCUT2D eigenvalue weighted by atomic mass is 10.1. The summed E-state index contributed by atoms with van der Waals surface area (Å²) in [6, 6.07) is 24.1. The van der Waals surface area contributed by atoms with Crippen LogP contribution < -0.4 is 16.0 Å². The standard InChI is InChI=1S/C37H28N10O15S5/c48-63(49,50)27-13-8-22(9-14-27)39-36-41-35(42-37(43-36)40-31-17-12-25(19-34(31)67(60,61)62)46-44-24-10-15-28(16-11-24)64(51,52)53)38-21-4-6-23(7-5-21)45-47-26-18-30-29(33(20-26)66(57,58)59)2-1-3-32(30)65(54,55)56/h1-20H,(H,48,49,50)(H,51,52,53)(H,54,55,56)(H,57,58,59)(H,60,61,62)(H3,38,39,40,41,42,43). The zero-order valence-corrected chi connectivity index (χ0v) is 37.1. The van der Waals surface area contributed by atoms with E-state index in [0.717, 1.165) is 48.5 Å². The SMILES string of the molecule is O=S(=O)(O)c1ccc(N=Nc2ccc(Nc3nc(Nc4ccc(N=Nc5cc(S(=O)(=O)O)c6cccc(S(=O)(=O)O)c6c5)cc4)nc(Nc4ccc(S(=O)(=O)O)cc4)n3)c(S(=O)(=O)O)c2)cc1. The summed E-state index contributed by atoms with van der Waals surface area (Å²) in [7, 11) is -23.7. The molecule has 0 aliphatic carbocycles. The molecule has 67 heavy (non-hydrogen) atoms. The Bertz CT molecular complexity index is 3730. The van der Waals surface area contributed by atoms with Gasteiger partial charge >= 0.3 is 0 Å². The maximum Gasteiger partial charge on any atom is 0.296 e. The van der Waals surface area contributed by atoms with Crippen molar-refractivity contribution in [1.29, 1.82) is 0 Å². The molecule has 0 radical (unpaired) electrons. The third-order valence-electron chi connectivity index (χ3n) is 8.81. The Morgan fingerprint density at radius 2 is 0.761 bits per heavy atom. The Balaban J connectivity index is 1.18. The quantitative estimate of drug-likeness (QED) is 0.0368. The third-order valence-corrected chi connectivity index (χ3v) is 13.2. The van der Waals surface area contributed by atoms with E-state index in [1.54, 1.807) is 0 Å². The second-order valence-corrected chi connectivity index (χ2v) is 20.5. The number of hydrogen-bond donors (Lipinski definition) is 8. The predicted octanol–water partition coefficient (Wildman–Crippen LogP) is 7.32. The number of rotatable bonds is 15. The summed E-state index contributed by atoms with van der Waals surface area (Å²) in [5.74, 6) is -0.720. The molecule has 1 aromatic heterocycles. The zero-order valence-electron chi connectivity index (χ0n) is 33.0. The van der Waals surface area contributed by atoms with Crippen LogP contribution in [0.1, 0.15) is 0 Å². The van der Waals surface area contributed by atoms with E-state index in [9.17, 15) is 64.9 Å². The number of hydrogen-bond acceptors (Lipinski definition) is 20. The van der Waals surface area contributed by atoms with Crippen molar-refractivity contribution in [3.8, 4) is 0 Å². The molecule has 0 bridgehead atoms. The molecule has 25 nitrogen and oxygen atoms in total. The van der Waals surface area contributed by atoms with Crippen LogP contribution in [0.4, 0.5) is 57.7 Å². The van der Waals surface area contributed by atoms with Crippen LogP contribution in [-0.4, -0.2) is 79.8 Å². The fourth-order valence-electron chi connectivity index (χ4n) is 5.86. The molecule has 0 aliphatic rings. The van der Waals surface area contributed by atoms with E-state index < -0.39 is 75.1 Å². The lowest BCUT2D eigenvalue weighted by Crippen LogP contribution is -2.09. The van der Waals surface area contributed by atoms with Gasteiger partial charge in [-0.15, -0.1) is 0 Å². The summed E-state index contributed by atoms with van der Waals surface area (Å²) in [5.41, 5.74) is 0.259. The summed E-state index contributed by atoms with van der Waals surface area (Å²) in [4.78, 5) is 9.98. The van der Waals surface area contributed by atoms with Crippen molar-refractivity contribution < 1.29 is 64.9 Å². The van der Waals surface area contributed by atoms with Gasteiger partial charge in [0.1, 0.15) is 14.7 Å². The van der Waals surface area contributed by atoms with Gasteiger partial charge in [0.05, 0.1) is 38.2 Å². The van der Waals surface area contributed by atoms with Crippen molar-refractivity contribution in [2.75, 3.05) is 16.0 Å². The van der Waals surface area contributed by atoms with Crippen LogP contribution in [0, 0.1) is 0 Å². The Labute approximate surface area is 379 Å². The summed E-state index contributed by atoms with van der Waals surface area (Å²) < 4.78 is 168. The number of azo groups is 2. The molecule has 0 saturated carbocycles. The minimum atomic E-state index is -4.99. The van der Waals surface area contributed by atoms with Crippen LogP contribution in [0.5, 0.6) is 0 Å². The average molecular weight is 1010 g/mol. The maximum atomic E-state index is 12.6. The van der Waals surface area contributed by atoms with E-state index in [0.29, 0.717) is 5.69 Å². The van der Waals surface area contributed by atoms with Crippen molar-refractivity contribution in [3.05, 3.63) is 121 Å². The Kier molecular flexibility index (Phi) is 13.0. The van der Waals surface area contributed by atoms with Crippen LogP contribution in [0.25, 0.3) is 10.8 Å². The van der Waals surface area contributed by atoms with Gasteiger partial charge in [-0.05, 0) is 109 Å². The Morgan fingerprint density at radius 3 is 1.25 bits per heavy atom. The van der Waals surface area contributed by atoms with E-state index in [1.165, 1.54) is 72.8 Å². The van der Waals surface area contributed by atoms with Gasteiger partial charge in [-0.3, -0.25) is 22.8 Å². The summed E-state index contributed by atoms with van der Waals surface area (Å²) >= 11 is 0. The van der Waals surface area contributed by atoms with Gasteiger partial charge in [0.25, 0.3) is 50.6 Å². The average Bonchev–Trinajstić information content (AvgIpc) is 3.24. The summed E-state index contributed by atoms with van der Waals surface area (Å²) in [6.45, 7) is 0. The predicted molar refractivity (Wildman–Crippen MR) is 237 cm³/mol. The molecule has 6 aromatic carbocycles. The van der Waals surface area contributed by atoms with E-state index in [1.807, 2.05) is 0 Å². The second kappa shape index (κ2) is 18.2. The number of anilines is 6. The molecule has 0 spiro atoms. The first kappa shape index (κ1) is 47.7. The van der Waals surface area contributed by atoms with Gasteiger partial charge in [-0.1, -0.05) is 12.1 Å². The molecule has 346 valence electrons. The highest BCUT2D eigenvalue weighted by Crippen LogP contribution is 2.35. The largest absolute Gasteiger partial charge is 0.324 e. The molecule has 0 amide bonds. The minimum Gasteiger partial charge on any atom is -0.324 e. The van der Waals surface area contributed by atoms with Crippen LogP contribution >= 0.6 is 0 Å². The molecule has 0 unspecified atom stereocenters. The van der Waals surface area contributed by atoms with Gasteiger partial charge in [0, 0.05) is 22.1 Å². The van der Waals surface area contributed by atoms with Crippen LogP contribution in [0.15, 0.2) is 166 Å². The van der Waals surface area contributed by atoms with Crippen molar-refractivity contribution in [1.82, 2.24) is 15.0 Å². The summed E-state index contributed by atoms with van der Waals surface area (Å²) in [5, 5.41) is 23.8. The highest BCUT2D eigenvalue weighted by Gasteiger charge is 2.22. The maximum absolute atomic E-state index is 12.6. The second-order valence-electron chi connectivity index (χ2n) is 13.5. The molecule has 0 fully saturated rings. The van der Waals surface area contributed by atoms with Crippen LogP contribution in [0.3, 0.4) is 0 Å². The molecular weight excluding hydrogens is 985 g/mol. The first-order chi connectivity index (χ1) is 31.3. The van der Waals surface area contributed by atoms with Crippen molar-refractivity contribution in [2.24, 2.45) is 20.5 Å². The zero-order chi connectivity index (χ0) is 48.5. The fraction of sp³-hybridized carbons (Fsp3) is 0. The third kappa shape index (κ3) is 12.0. The van der Waals surface area contributed by atoms with Crippen molar-refractivity contribution in [3.63, 3.8) is 0 Å². The van der Waals surface area contributed by atoms with Gasteiger partial charge in [0.2, 0.25) is 17.8 Å². The molecule has 0 atom stereocenters. The number of benzene rings is 6. The first-order valence-electron chi connectivity index (χ1n) is 18.1. The smallest absolute Gasteiger partial charge is 0.296 e. The molecule has 7 rings (SSSR count). The van der Waals surface area contributed by atoms with Gasteiger partial charge in [0.15, 0.2) is 0 Å². The number of fused-ring (bicyclic) bond motifs is 1. The van der Waals surface area contributed by atoms with Gasteiger partial charge in [-0.2, -0.15) is 77.5 Å². The fourth-order valence-corrected chi connectivity index (χ4v) is 8.90. The molecule has 0 aliphatic heterocycles. The molecule has 30 heteroatoms. The van der Waals surface area contributed by atoms with E-state index in [4.69, 9.17) is 0 Å². The monoisotopic (exact) mass is 1010 g/mol. The molecule has 1 heterocycles. The summed E-state index contributed by atoms with van der Waals surface area (Å²) in [6.07, 6.45) is 0. The van der Waals surface area contributed by atoms with Crippen LogP contribution in [-0.2, 0) is 50.6 Å². The van der Waals surface area contributed by atoms with Crippen LogP contribution in [0.2, 0.25) is 0 Å². The Morgan fingerprint density at radius 1 is 0.358 bits per heavy atom. The first-order valence-corrected chi connectivity index (χ1v) is 25.3. The number of aromatic nitrogens is 3.